The summed E-state index contributed by atoms with van der Waals surface area (Å²) in [5.41, 5.74) is 0. The molecule has 3 nitrogen and oxygen atoms in total. The lowest BCUT2D eigenvalue weighted by Gasteiger charge is -2.30. The minimum atomic E-state index is 0.698. The molecule has 2 saturated heterocycles. The minimum Gasteiger partial charge on any atom is -0.314 e. The number of hydrogen-bond donors (Lipinski definition) is 1. The Morgan fingerprint density at radius 2 is 2.00 bits per heavy atom. The Bertz CT molecular complexity index is 242. The van der Waals surface area contributed by atoms with Crippen LogP contribution in [0.25, 0.3) is 0 Å². The number of nitrogens with one attached hydrogen (secondary N) is 1. The van der Waals surface area contributed by atoms with E-state index >= 15 is 0 Å². The Labute approximate surface area is 113 Å². The van der Waals surface area contributed by atoms with E-state index in [0.29, 0.717) is 6.04 Å². The fourth-order valence-corrected chi connectivity index (χ4v) is 3.27. The Hall–Kier alpha value is -0.120. The minimum absolute atomic E-state index is 0.698. The molecule has 0 spiro atoms. The van der Waals surface area contributed by atoms with Gasteiger partial charge in [-0.25, -0.2) is 0 Å². The third kappa shape index (κ3) is 4.22. The topological polar surface area (TPSA) is 18.5 Å². The van der Waals surface area contributed by atoms with Crippen molar-refractivity contribution < 1.29 is 0 Å². The van der Waals surface area contributed by atoms with Gasteiger partial charge < -0.3 is 15.1 Å². The van der Waals surface area contributed by atoms with Gasteiger partial charge in [0.05, 0.1) is 0 Å². The van der Waals surface area contributed by atoms with Gasteiger partial charge in [-0.3, -0.25) is 0 Å². The molecule has 2 heterocycles. The van der Waals surface area contributed by atoms with Gasteiger partial charge >= 0.3 is 0 Å². The zero-order valence-corrected chi connectivity index (χ0v) is 12.5. The molecule has 3 heteroatoms. The molecule has 0 bridgehead atoms. The van der Waals surface area contributed by atoms with Crippen molar-refractivity contribution in [2.45, 2.75) is 52.1 Å². The van der Waals surface area contributed by atoms with Crippen LogP contribution in [-0.4, -0.2) is 61.2 Å². The number of likely N-dealkylation sites (tertiary alicyclic amines) is 1. The van der Waals surface area contributed by atoms with Crippen molar-refractivity contribution >= 4 is 0 Å². The smallest absolute Gasteiger partial charge is 0.00509 e. The van der Waals surface area contributed by atoms with Crippen molar-refractivity contribution in [3.05, 3.63) is 0 Å². The first-order valence-electron chi connectivity index (χ1n) is 7.85. The van der Waals surface area contributed by atoms with E-state index in [1.54, 1.807) is 0 Å². The van der Waals surface area contributed by atoms with Crippen LogP contribution in [-0.2, 0) is 0 Å². The predicted octanol–water partition coefficient (Wildman–Crippen LogP) is 1.79. The van der Waals surface area contributed by atoms with Crippen LogP contribution in [0.4, 0.5) is 0 Å². The highest BCUT2D eigenvalue weighted by Gasteiger charge is 2.26. The SMILES string of the molecule is CC1CCN(CC2CCN(C(C)C)C2)CCCN1. The molecule has 0 aliphatic carbocycles. The lowest BCUT2D eigenvalue weighted by Crippen LogP contribution is -2.40. The molecule has 1 N–H and O–H groups in total. The van der Waals surface area contributed by atoms with Gasteiger partial charge in [-0.2, -0.15) is 0 Å². The maximum absolute atomic E-state index is 3.59. The molecule has 0 aromatic carbocycles. The Kier molecular flexibility index (Phi) is 5.46. The summed E-state index contributed by atoms with van der Waals surface area (Å²) >= 11 is 0. The van der Waals surface area contributed by atoms with E-state index in [2.05, 4.69) is 35.9 Å². The lowest BCUT2D eigenvalue weighted by atomic mass is 10.1. The van der Waals surface area contributed by atoms with Crippen molar-refractivity contribution in [1.82, 2.24) is 15.1 Å². The summed E-state index contributed by atoms with van der Waals surface area (Å²) in [6.45, 7) is 14.7. The molecule has 0 saturated carbocycles. The van der Waals surface area contributed by atoms with Crippen LogP contribution in [0.3, 0.4) is 0 Å². The average Bonchev–Trinajstić information content (AvgIpc) is 2.77. The molecule has 2 aliphatic heterocycles. The van der Waals surface area contributed by atoms with Crippen LogP contribution in [0, 0.1) is 5.92 Å². The van der Waals surface area contributed by atoms with E-state index in [-0.39, 0.29) is 0 Å². The van der Waals surface area contributed by atoms with E-state index in [1.165, 1.54) is 58.5 Å². The normalized spacial score (nSPS) is 32.7. The molecule has 2 rings (SSSR count). The molecule has 18 heavy (non-hydrogen) atoms. The van der Waals surface area contributed by atoms with Crippen LogP contribution >= 0.6 is 0 Å². The van der Waals surface area contributed by atoms with Crippen LogP contribution in [0.5, 0.6) is 0 Å². The highest BCUT2D eigenvalue weighted by atomic mass is 15.2. The van der Waals surface area contributed by atoms with Crippen LogP contribution in [0.15, 0.2) is 0 Å². The molecule has 0 aromatic rings. The lowest BCUT2D eigenvalue weighted by molar-refractivity contribution is 0.196. The highest BCUT2D eigenvalue weighted by Crippen LogP contribution is 2.20. The first-order chi connectivity index (χ1) is 8.65. The summed E-state index contributed by atoms with van der Waals surface area (Å²) < 4.78 is 0. The first kappa shape index (κ1) is 14.3. The van der Waals surface area contributed by atoms with Crippen molar-refractivity contribution in [1.29, 1.82) is 0 Å². The average molecular weight is 253 g/mol. The highest BCUT2D eigenvalue weighted by molar-refractivity contribution is 4.81. The summed E-state index contributed by atoms with van der Waals surface area (Å²) in [5.74, 6) is 0.912. The largest absolute Gasteiger partial charge is 0.314 e. The first-order valence-corrected chi connectivity index (χ1v) is 7.85. The molecular weight excluding hydrogens is 222 g/mol. The van der Waals surface area contributed by atoms with Gasteiger partial charge in [0, 0.05) is 25.2 Å². The summed E-state index contributed by atoms with van der Waals surface area (Å²) in [6.07, 6.45) is 4.02. The maximum Gasteiger partial charge on any atom is 0.00509 e. The second-order valence-electron chi connectivity index (χ2n) is 6.54. The maximum atomic E-state index is 3.59. The Balaban J connectivity index is 1.75. The van der Waals surface area contributed by atoms with Crippen LogP contribution < -0.4 is 5.32 Å². The molecule has 0 amide bonds. The van der Waals surface area contributed by atoms with Crippen molar-refractivity contribution in [2.24, 2.45) is 5.92 Å². The Morgan fingerprint density at radius 1 is 1.17 bits per heavy atom. The van der Waals surface area contributed by atoms with Crippen molar-refractivity contribution in [3.8, 4) is 0 Å². The molecular formula is C15H31N3. The summed E-state index contributed by atoms with van der Waals surface area (Å²) in [5, 5.41) is 3.59. The summed E-state index contributed by atoms with van der Waals surface area (Å²) in [6, 6.07) is 1.43. The fourth-order valence-electron chi connectivity index (χ4n) is 3.27. The van der Waals surface area contributed by atoms with Gasteiger partial charge in [0.15, 0.2) is 0 Å². The monoisotopic (exact) mass is 253 g/mol. The summed E-state index contributed by atoms with van der Waals surface area (Å²) in [4.78, 5) is 5.35. The number of rotatable bonds is 3. The van der Waals surface area contributed by atoms with Gasteiger partial charge in [-0.15, -0.1) is 0 Å². The van der Waals surface area contributed by atoms with Gasteiger partial charge in [0.25, 0.3) is 0 Å². The number of hydrogen-bond acceptors (Lipinski definition) is 3. The standard InChI is InChI=1S/C15H31N3/c1-13(2)18-10-6-15(12-18)11-17-8-4-7-16-14(3)5-9-17/h13-16H,4-12H2,1-3H3. The van der Waals surface area contributed by atoms with E-state index in [4.69, 9.17) is 0 Å². The third-order valence-corrected chi connectivity index (χ3v) is 4.59. The van der Waals surface area contributed by atoms with Gasteiger partial charge in [-0.05, 0) is 72.1 Å². The molecule has 2 fully saturated rings. The van der Waals surface area contributed by atoms with E-state index in [0.717, 1.165) is 12.0 Å². The molecule has 0 radical (unpaired) electrons. The zero-order chi connectivity index (χ0) is 13.0. The molecule has 2 aliphatic rings. The van der Waals surface area contributed by atoms with Crippen molar-refractivity contribution in [3.63, 3.8) is 0 Å². The number of nitrogens with zero attached hydrogens (tertiary/aromatic N) is 2. The van der Waals surface area contributed by atoms with E-state index in [1.807, 2.05) is 0 Å². The van der Waals surface area contributed by atoms with Crippen molar-refractivity contribution in [2.75, 3.05) is 39.3 Å². The zero-order valence-electron chi connectivity index (χ0n) is 12.5. The quantitative estimate of drug-likeness (QED) is 0.827. The van der Waals surface area contributed by atoms with Crippen LogP contribution in [0.2, 0.25) is 0 Å². The second-order valence-corrected chi connectivity index (χ2v) is 6.54. The molecule has 2 unspecified atom stereocenters. The van der Waals surface area contributed by atoms with Gasteiger partial charge in [0.2, 0.25) is 0 Å². The van der Waals surface area contributed by atoms with Crippen LogP contribution in [0.1, 0.15) is 40.0 Å². The molecule has 106 valence electrons. The van der Waals surface area contributed by atoms with E-state index < -0.39 is 0 Å². The van der Waals surface area contributed by atoms with E-state index in [9.17, 15) is 0 Å². The van der Waals surface area contributed by atoms with Gasteiger partial charge in [0.1, 0.15) is 0 Å². The predicted molar refractivity (Wildman–Crippen MR) is 78.0 cm³/mol. The van der Waals surface area contributed by atoms with Gasteiger partial charge in [-0.1, -0.05) is 0 Å². The molecule has 2 atom stereocenters. The third-order valence-electron chi connectivity index (χ3n) is 4.59. The molecule has 0 aromatic heterocycles. The summed E-state index contributed by atoms with van der Waals surface area (Å²) in [7, 11) is 0. The Morgan fingerprint density at radius 3 is 2.72 bits per heavy atom. The second kappa shape index (κ2) is 6.88. The fraction of sp³-hybridized carbons (Fsp3) is 1.00.